The van der Waals surface area contributed by atoms with Gasteiger partial charge in [0, 0.05) is 11.6 Å². The molecule has 16 nitrogen and oxygen atoms in total. The van der Waals surface area contributed by atoms with E-state index >= 15 is 0 Å². The van der Waals surface area contributed by atoms with E-state index in [4.69, 9.17) is 16.3 Å². The van der Waals surface area contributed by atoms with Crippen LogP contribution in [-0.4, -0.2) is 91.6 Å². The second-order valence-electron chi connectivity index (χ2n) is 6.23. The lowest BCUT2D eigenvalue weighted by atomic mass is 9.99. The Labute approximate surface area is 185 Å². The average Bonchev–Trinajstić information content (AvgIpc) is 3.06. The molecule has 0 aromatic carbocycles. The average molecular weight is 515 g/mol. The number of oxime groups is 1. The summed E-state index contributed by atoms with van der Waals surface area (Å²) >= 11 is 0.944. The molecule has 1 aromatic heterocycles. The summed E-state index contributed by atoms with van der Waals surface area (Å²) in [5.74, 6) is -2.71. The molecule has 2 heterocycles. The molecule has 2 atom stereocenters. The molecular formula is C13H18N6O10S3. The van der Waals surface area contributed by atoms with Gasteiger partial charge in [-0.25, -0.2) is 22.5 Å². The summed E-state index contributed by atoms with van der Waals surface area (Å²) in [5.41, 5.74) is 9.77. The standard InChI is InChI=1S/C13H18N6O10S3/c1-31(23,24)3-2-29-18-8(6-5-30-12(14)16-6)10(20)17-9-7(4-28-13(15)22)19(11(9)21)32(25,26)27/h5,7,9H,2-4H2,1H3,(H2,14,16)(H2,15,22)(H,17,20)(H,25,26,27). The smallest absolute Gasteiger partial charge is 0.404 e. The van der Waals surface area contributed by atoms with Gasteiger partial charge in [0.05, 0.1) is 5.75 Å². The van der Waals surface area contributed by atoms with Crippen molar-refractivity contribution >= 4 is 60.2 Å². The number of sulfone groups is 1. The van der Waals surface area contributed by atoms with Gasteiger partial charge in [-0.1, -0.05) is 5.16 Å². The van der Waals surface area contributed by atoms with Gasteiger partial charge in [0.15, 0.2) is 20.7 Å². The molecule has 1 saturated heterocycles. The summed E-state index contributed by atoms with van der Waals surface area (Å²) in [6, 6.07) is -3.05. The molecule has 1 fully saturated rings. The molecular weight excluding hydrogens is 496 g/mol. The summed E-state index contributed by atoms with van der Waals surface area (Å²) < 4.78 is 58.8. The lowest BCUT2D eigenvalue weighted by molar-refractivity contribution is -0.146. The van der Waals surface area contributed by atoms with Crippen LogP contribution < -0.4 is 16.8 Å². The number of nitrogen functional groups attached to an aromatic ring is 1. The SMILES string of the molecule is CS(=O)(=O)CCON=C(C(=O)NC1C(=O)N(S(=O)(=O)O)C1COC(N)=O)c1csc(N)n1. The number of nitrogens with two attached hydrogens (primary N) is 2. The first-order valence-corrected chi connectivity index (χ1v) is 12.7. The Hall–Kier alpha value is -3.03. The zero-order valence-electron chi connectivity index (χ0n) is 16.2. The van der Waals surface area contributed by atoms with Crippen LogP contribution in [0.25, 0.3) is 0 Å². The van der Waals surface area contributed by atoms with Crippen LogP contribution >= 0.6 is 11.3 Å². The zero-order chi connectivity index (χ0) is 24.3. The Morgan fingerprint density at radius 3 is 2.53 bits per heavy atom. The summed E-state index contributed by atoms with van der Waals surface area (Å²) in [6.45, 7) is -1.16. The molecule has 1 aliphatic rings. The number of carbonyl (C=O) groups is 3. The largest absolute Gasteiger partial charge is 0.447 e. The fraction of sp³-hybridized carbons (Fsp3) is 0.462. The highest BCUT2D eigenvalue weighted by Crippen LogP contribution is 2.24. The van der Waals surface area contributed by atoms with Crippen LogP contribution in [0, 0.1) is 0 Å². The van der Waals surface area contributed by atoms with Crippen molar-refractivity contribution in [2.45, 2.75) is 12.1 Å². The lowest BCUT2D eigenvalue weighted by Gasteiger charge is -2.43. The van der Waals surface area contributed by atoms with Gasteiger partial charge in [-0.15, -0.1) is 11.3 Å². The molecule has 1 aliphatic heterocycles. The summed E-state index contributed by atoms with van der Waals surface area (Å²) in [7, 11) is -8.40. The van der Waals surface area contributed by atoms with E-state index in [1.54, 1.807) is 0 Å². The van der Waals surface area contributed by atoms with Gasteiger partial charge in [-0.2, -0.15) is 8.42 Å². The first kappa shape index (κ1) is 25.2. The van der Waals surface area contributed by atoms with Crippen LogP contribution in [0.1, 0.15) is 5.69 Å². The number of nitrogens with one attached hydrogen (secondary N) is 1. The molecule has 0 radical (unpaired) electrons. The summed E-state index contributed by atoms with van der Waals surface area (Å²) in [6.07, 6.45) is -0.323. The van der Waals surface area contributed by atoms with Gasteiger partial charge in [0.1, 0.15) is 31.0 Å². The molecule has 1 aromatic rings. The highest BCUT2D eigenvalue weighted by molar-refractivity contribution is 7.90. The molecule has 0 spiro atoms. The zero-order valence-corrected chi connectivity index (χ0v) is 18.6. The third-order valence-electron chi connectivity index (χ3n) is 3.78. The molecule has 0 saturated carbocycles. The number of primary amides is 1. The maximum atomic E-state index is 12.7. The van der Waals surface area contributed by atoms with Gasteiger partial charge in [0.2, 0.25) is 0 Å². The normalized spacial score (nSPS) is 19.2. The first-order chi connectivity index (χ1) is 14.7. The van der Waals surface area contributed by atoms with Crippen LogP contribution in [0.15, 0.2) is 10.5 Å². The van der Waals surface area contributed by atoms with E-state index < -0.39 is 74.8 Å². The van der Waals surface area contributed by atoms with Crippen molar-refractivity contribution in [1.29, 1.82) is 0 Å². The number of β-lactam (4-membered cyclic amide) rings is 1. The predicted octanol–water partition coefficient (Wildman–Crippen LogP) is -2.92. The Kier molecular flexibility index (Phi) is 7.59. The molecule has 6 N–H and O–H groups in total. The monoisotopic (exact) mass is 514 g/mol. The fourth-order valence-corrected chi connectivity index (χ4v) is 4.19. The quantitative estimate of drug-likeness (QED) is 0.0805. The van der Waals surface area contributed by atoms with Crippen molar-refractivity contribution in [2.24, 2.45) is 10.9 Å². The van der Waals surface area contributed by atoms with Gasteiger partial charge < -0.3 is 26.4 Å². The number of nitrogens with zero attached hydrogens (tertiary/aromatic N) is 3. The third-order valence-corrected chi connectivity index (χ3v) is 6.31. The maximum Gasteiger partial charge on any atom is 0.404 e. The van der Waals surface area contributed by atoms with Crippen LogP contribution in [0.5, 0.6) is 0 Å². The van der Waals surface area contributed by atoms with Gasteiger partial charge in [-0.05, 0) is 0 Å². The second kappa shape index (κ2) is 9.63. The number of anilines is 1. The van der Waals surface area contributed by atoms with Crippen molar-refractivity contribution in [1.82, 2.24) is 14.6 Å². The van der Waals surface area contributed by atoms with Crippen molar-refractivity contribution in [3.63, 3.8) is 0 Å². The Bertz CT molecular complexity index is 1140. The molecule has 0 aliphatic carbocycles. The molecule has 3 amide bonds. The van der Waals surface area contributed by atoms with Crippen LogP contribution in [0.2, 0.25) is 0 Å². The van der Waals surface area contributed by atoms with E-state index in [9.17, 15) is 35.8 Å². The topological polar surface area (TPSA) is 251 Å². The van der Waals surface area contributed by atoms with Crippen LogP contribution in [0.3, 0.4) is 0 Å². The molecule has 19 heteroatoms. The number of thiazole rings is 1. The number of ether oxygens (including phenoxy) is 1. The lowest BCUT2D eigenvalue weighted by Crippen LogP contribution is -2.73. The van der Waals surface area contributed by atoms with E-state index in [0.29, 0.717) is 0 Å². The second-order valence-corrected chi connectivity index (χ2v) is 10.7. The van der Waals surface area contributed by atoms with E-state index in [2.05, 4.69) is 20.2 Å². The van der Waals surface area contributed by atoms with E-state index in [0.717, 1.165) is 17.6 Å². The maximum absolute atomic E-state index is 12.7. The van der Waals surface area contributed by atoms with Gasteiger partial charge >= 0.3 is 16.4 Å². The fourth-order valence-electron chi connectivity index (χ4n) is 2.40. The Morgan fingerprint density at radius 2 is 2.03 bits per heavy atom. The number of hydrogen-bond donors (Lipinski definition) is 4. The van der Waals surface area contributed by atoms with E-state index in [-0.39, 0.29) is 15.1 Å². The van der Waals surface area contributed by atoms with Crippen molar-refractivity contribution in [3.05, 3.63) is 11.1 Å². The van der Waals surface area contributed by atoms with Crippen LogP contribution in [0.4, 0.5) is 9.93 Å². The van der Waals surface area contributed by atoms with E-state index in [1.165, 1.54) is 5.38 Å². The Morgan fingerprint density at radius 1 is 1.38 bits per heavy atom. The summed E-state index contributed by atoms with van der Waals surface area (Å²) in [4.78, 5) is 44.4. The first-order valence-electron chi connectivity index (χ1n) is 8.33. The molecule has 0 bridgehead atoms. The Balaban J connectivity index is 2.23. The minimum atomic E-state index is -5.02. The van der Waals surface area contributed by atoms with Gasteiger partial charge in [0.25, 0.3) is 11.8 Å². The van der Waals surface area contributed by atoms with Crippen molar-refractivity contribution < 1.29 is 45.3 Å². The number of carbonyl (C=O) groups excluding carboxylic acids is 3. The van der Waals surface area contributed by atoms with Crippen LogP contribution in [-0.2, 0) is 39.3 Å². The van der Waals surface area contributed by atoms with Crippen molar-refractivity contribution in [2.75, 3.05) is 31.0 Å². The number of amides is 3. The molecule has 32 heavy (non-hydrogen) atoms. The minimum Gasteiger partial charge on any atom is -0.447 e. The highest BCUT2D eigenvalue weighted by atomic mass is 32.2. The number of aromatic nitrogens is 1. The molecule has 178 valence electrons. The van der Waals surface area contributed by atoms with Gasteiger partial charge in [-0.3, -0.25) is 14.1 Å². The molecule has 2 rings (SSSR count). The summed E-state index contributed by atoms with van der Waals surface area (Å²) in [5, 5.41) is 7.09. The number of rotatable bonds is 10. The van der Waals surface area contributed by atoms with E-state index in [1.807, 2.05) is 0 Å². The molecule has 2 unspecified atom stereocenters. The highest BCUT2D eigenvalue weighted by Gasteiger charge is 2.54. The van der Waals surface area contributed by atoms with Crippen molar-refractivity contribution in [3.8, 4) is 0 Å². The number of hydrogen-bond acceptors (Lipinski definition) is 13. The predicted molar refractivity (Wildman–Crippen MR) is 108 cm³/mol. The minimum absolute atomic E-state index is 0.00113. The third kappa shape index (κ3) is 6.48.